The summed E-state index contributed by atoms with van der Waals surface area (Å²) < 4.78 is 41.4. The van der Waals surface area contributed by atoms with Gasteiger partial charge in [-0.2, -0.15) is 0 Å². The first kappa shape index (κ1) is 24.1. The summed E-state index contributed by atoms with van der Waals surface area (Å²) >= 11 is 0. The second-order valence-corrected chi connectivity index (χ2v) is 9.35. The van der Waals surface area contributed by atoms with Crippen LogP contribution < -0.4 is 4.90 Å². The lowest BCUT2D eigenvalue weighted by atomic mass is 10.1. The summed E-state index contributed by atoms with van der Waals surface area (Å²) in [6.45, 7) is 9.42. The third kappa shape index (κ3) is 4.63. The average molecular weight is 493 g/mol. The van der Waals surface area contributed by atoms with E-state index in [1.54, 1.807) is 6.92 Å². The number of likely N-dealkylation sites (N-methyl/N-ethyl adjacent to an activating group) is 1. The Labute approximate surface area is 207 Å². The molecule has 2 aromatic heterocycles. The van der Waals surface area contributed by atoms with Crippen LogP contribution in [0.5, 0.6) is 0 Å². The highest BCUT2D eigenvalue weighted by Crippen LogP contribution is 2.33. The van der Waals surface area contributed by atoms with Gasteiger partial charge in [-0.05, 0) is 63.7 Å². The third-order valence-electron chi connectivity index (χ3n) is 6.63. The quantitative estimate of drug-likeness (QED) is 0.375. The summed E-state index contributed by atoms with van der Waals surface area (Å²) in [5.74, 6) is -0.410. The molecule has 0 bridgehead atoms. The molecule has 9 heteroatoms. The number of aryl methyl sites for hydroxylation is 3. The molecule has 0 unspecified atom stereocenters. The minimum absolute atomic E-state index is 0.0811. The van der Waals surface area contributed by atoms with Crippen LogP contribution in [0.3, 0.4) is 0 Å². The molecule has 1 saturated heterocycles. The number of benzene rings is 2. The molecule has 1 fully saturated rings. The maximum absolute atomic E-state index is 15.1. The van der Waals surface area contributed by atoms with Crippen molar-refractivity contribution in [2.24, 2.45) is 0 Å². The minimum Gasteiger partial charge on any atom is -0.369 e. The number of rotatable bonds is 4. The van der Waals surface area contributed by atoms with E-state index in [0.29, 0.717) is 28.4 Å². The van der Waals surface area contributed by atoms with Gasteiger partial charge in [0.1, 0.15) is 17.0 Å². The number of hydrogen-bond donors (Lipinski definition) is 0. The summed E-state index contributed by atoms with van der Waals surface area (Å²) in [6, 6.07) is 9.53. The monoisotopic (exact) mass is 492 g/mol. The Kier molecular flexibility index (Phi) is 6.34. The van der Waals surface area contributed by atoms with Crippen LogP contribution in [0.4, 0.5) is 18.9 Å². The number of anilines is 1. The van der Waals surface area contributed by atoms with Crippen LogP contribution in [0.1, 0.15) is 28.9 Å². The van der Waals surface area contributed by atoms with Crippen molar-refractivity contribution >= 4 is 16.9 Å². The lowest BCUT2D eigenvalue weighted by molar-refractivity contribution is 0.151. The van der Waals surface area contributed by atoms with E-state index in [-0.39, 0.29) is 16.8 Å². The van der Waals surface area contributed by atoms with E-state index in [0.717, 1.165) is 49.1 Å². The lowest BCUT2D eigenvalue weighted by Crippen LogP contribution is -2.44. The molecular weight excluding hydrogens is 465 g/mol. The molecule has 0 N–H and O–H groups in total. The van der Waals surface area contributed by atoms with E-state index in [9.17, 15) is 8.78 Å². The molecule has 0 spiro atoms. The van der Waals surface area contributed by atoms with Gasteiger partial charge in [0, 0.05) is 48.6 Å². The Morgan fingerprint density at radius 1 is 0.833 bits per heavy atom. The molecule has 4 aromatic rings. The molecule has 0 atom stereocenters. The molecule has 2 aromatic carbocycles. The number of hydrogen-bond acceptors (Lipinski definition) is 6. The van der Waals surface area contributed by atoms with Crippen LogP contribution in [0.15, 0.2) is 36.4 Å². The van der Waals surface area contributed by atoms with Crippen molar-refractivity contribution in [1.29, 1.82) is 0 Å². The van der Waals surface area contributed by atoms with Crippen molar-refractivity contribution < 1.29 is 13.2 Å². The molecule has 0 saturated carbocycles. The number of aromatic nitrogens is 4. The first-order valence-electron chi connectivity index (χ1n) is 11.9. The maximum atomic E-state index is 15.1. The first-order chi connectivity index (χ1) is 17.2. The van der Waals surface area contributed by atoms with E-state index in [2.05, 4.69) is 32.9 Å². The second kappa shape index (κ2) is 9.46. The smallest absolute Gasteiger partial charge is 0.263 e. The summed E-state index contributed by atoms with van der Waals surface area (Å²) in [7, 11) is 2.11. The summed E-state index contributed by atoms with van der Waals surface area (Å²) in [5.41, 5.74) is 4.85. The van der Waals surface area contributed by atoms with Crippen molar-refractivity contribution in [3.8, 4) is 22.6 Å². The van der Waals surface area contributed by atoms with Gasteiger partial charge in [-0.25, -0.2) is 33.1 Å². The van der Waals surface area contributed by atoms with Gasteiger partial charge in [-0.15, -0.1) is 0 Å². The highest BCUT2D eigenvalue weighted by molar-refractivity contribution is 5.89. The number of nitrogens with zero attached hydrogens (tertiary/aromatic N) is 6. The second-order valence-electron chi connectivity index (χ2n) is 9.35. The molecule has 0 radical (unpaired) electrons. The SMILES string of the molecule is Cc1cc(-c2nc(-c3ccc(C(F)F)cc3F)c3nc(C)c(C)nc3n2)cc(N2CCN(C)CC2)c1. The van der Waals surface area contributed by atoms with E-state index >= 15 is 4.39 Å². The van der Waals surface area contributed by atoms with Gasteiger partial charge in [-0.3, -0.25) is 0 Å². The predicted octanol–water partition coefficient (Wildman–Crippen LogP) is 5.51. The van der Waals surface area contributed by atoms with Crippen molar-refractivity contribution in [2.75, 3.05) is 38.1 Å². The standard InChI is InChI=1S/C27H27F3N6/c1-15-11-19(13-20(12-15)36-9-7-35(4)8-10-36)26-33-23(21-6-5-18(25(29)30)14-22(21)28)24-27(34-26)32-17(3)16(2)31-24/h5-6,11-14,25H,7-10H2,1-4H3. The summed E-state index contributed by atoms with van der Waals surface area (Å²) in [4.78, 5) is 23.2. The van der Waals surface area contributed by atoms with Crippen molar-refractivity contribution in [2.45, 2.75) is 27.2 Å². The summed E-state index contributed by atoms with van der Waals surface area (Å²) in [6.07, 6.45) is -2.77. The van der Waals surface area contributed by atoms with Crippen molar-refractivity contribution in [1.82, 2.24) is 24.8 Å². The molecule has 3 heterocycles. The highest BCUT2D eigenvalue weighted by atomic mass is 19.3. The van der Waals surface area contributed by atoms with Crippen LogP contribution in [-0.4, -0.2) is 58.1 Å². The number of halogens is 3. The minimum atomic E-state index is -2.77. The van der Waals surface area contributed by atoms with Gasteiger partial charge in [-0.1, -0.05) is 6.07 Å². The molecule has 1 aliphatic heterocycles. The van der Waals surface area contributed by atoms with Gasteiger partial charge >= 0.3 is 0 Å². The van der Waals surface area contributed by atoms with Crippen LogP contribution in [-0.2, 0) is 0 Å². The molecule has 0 aliphatic carbocycles. The van der Waals surface area contributed by atoms with Gasteiger partial charge in [0.05, 0.1) is 11.4 Å². The Morgan fingerprint density at radius 3 is 2.25 bits per heavy atom. The maximum Gasteiger partial charge on any atom is 0.263 e. The highest BCUT2D eigenvalue weighted by Gasteiger charge is 2.21. The molecule has 186 valence electrons. The predicted molar refractivity (Wildman–Crippen MR) is 135 cm³/mol. The molecule has 0 amide bonds. The van der Waals surface area contributed by atoms with E-state index in [1.807, 2.05) is 26.0 Å². The topological polar surface area (TPSA) is 58.0 Å². The van der Waals surface area contributed by atoms with Crippen LogP contribution in [0.25, 0.3) is 33.8 Å². The van der Waals surface area contributed by atoms with E-state index in [1.165, 1.54) is 12.1 Å². The Morgan fingerprint density at radius 2 is 1.56 bits per heavy atom. The fraction of sp³-hybridized carbons (Fsp3) is 0.333. The van der Waals surface area contributed by atoms with Crippen molar-refractivity contribution in [3.63, 3.8) is 0 Å². The zero-order chi connectivity index (χ0) is 25.6. The Hall–Kier alpha value is -3.59. The molecular formula is C27H27F3N6. The number of alkyl halides is 2. The van der Waals surface area contributed by atoms with Gasteiger partial charge in [0.25, 0.3) is 6.43 Å². The summed E-state index contributed by atoms with van der Waals surface area (Å²) in [5, 5.41) is 0. The molecule has 5 rings (SSSR count). The number of piperazine rings is 1. The molecule has 6 nitrogen and oxygen atoms in total. The van der Waals surface area contributed by atoms with E-state index < -0.39 is 12.2 Å². The fourth-order valence-corrected chi connectivity index (χ4v) is 4.43. The normalized spacial score (nSPS) is 14.7. The van der Waals surface area contributed by atoms with Gasteiger partial charge in [0.15, 0.2) is 11.5 Å². The Balaban J connectivity index is 1.68. The number of fused-ring (bicyclic) bond motifs is 1. The Bertz CT molecular complexity index is 1450. The molecule has 1 aliphatic rings. The van der Waals surface area contributed by atoms with Crippen LogP contribution >= 0.6 is 0 Å². The van der Waals surface area contributed by atoms with E-state index in [4.69, 9.17) is 9.97 Å². The third-order valence-corrected chi connectivity index (χ3v) is 6.63. The lowest BCUT2D eigenvalue weighted by Gasteiger charge is -2.34. The fourth-order valence-electron chi connectivity index (χ4n) is 4.43. The zero-order valence-corrected chi connectivity index (χ0v) is 20.7. The average Bonchev–Trinajstić information content (AvgIpc) is 2.84. The molecule has 36 heavy (non-hydrogen) atoms. The van der Waals surface area contributed by atoms with Gasteiger partial charge < -0.3 is 9.80 Å². The van der Waals surface area contributed by atoms with Crippen LogP contribution in [0, 0.1) is 26.6 Å². The van der Waals surface area contributed by atoms with Crippen LogP contribution in [0.2, 0.25) is 0 Å². The zero-order valence-electron chi connectivity index (χ0n) is 20.7. The van der Waals surface area contributed by atoms with Crippen molar-refractivity contribution in [3.05, 3.63) is 64.7 Å². The largest absolute Gasteiger partial charge is 0.369 e. The van der Waals surface area contributed by atoms with Gasteiger partial charge in [0.2, 0.25) is 0 Å². The first-order valence-corrected chi connectivity index (χ1v) is 11.9.